The van der Waals surface area contributed by atoms with E-state index in [0.717, 1.165) is 36.8 Å². The van der Waals surface area contributed by atoms with Crippen LogP contribution in [0.4, 0.5) is 5.13 Å². The standard InChI is InChI=1S/C12H22N2OS/c1-9(2)15-8-6-5-7-13-12-14-10(3)11(4)16-12/h9H,5-8H2,1-4H3,(H,13,14). The van der Waals surface area contributed by atoms with Gasteiger partial charge in [-0.2, -0.15) is 0 Å². The summed E-state index contributed by atoms with van der Waals surface area (Å²) < 4.78 is 5.48. The van der Waals surface area contributed by atoms with Crippen molar-refractivity contribution >= 4 is 16.5 Å². The zero-order chi connectivity index (χ0) is 12.0. The highest BCUT2D eigenvalue weighted by molar-refractivity contribution is 7.15. The number of aromatic nitrogens is 1. The van der Waals surface area contributed by atoms with Gasteiger partial charge in [0.05, 0.1) is 11.8 Å². The van der Waals surface area contributed by atoms with Crippen molar-refractivity contribution in [2.24, 2.45) is 0 Å². The molecule has 0 aromatic carbocycles. The number of thiazole rings is 1. The molecule has 0 aliphatic rings. The van der Waals surface area contributed by atoms with Gasteiger partial charge >= 0.3 is 0 Å². The fourth-order valence-corrected chi connectivity index (χ4v) is 2.13. The van der Waals surface area contributed by atoms with Crippen LogP contribution in [0.15, 0.2) is 0 Å². The Hall–Kier alpha value is -0.610. The molecule has 1 rings (SSSR count). The van der Waals surface area contributed by atoms with Crippen molar-refractivity contribution in [2.75, 3.05) is 18.5 Å². The van der Waals surface area contributed by atoms with Gasteiger partial charge < -0.3 is 10.1 Å². The molecule has 0 saturated heterocycles. The van der Waals surface area contributed by atoms with Crippen LogP contribution in [0, 0.1) is 13.8 Å². The van der Waals surface area contributed by atoms with Crippen LogP contribution >= 0.6 is 11.3 Å². The molecule has 92 valence electrons. The Morgan fingerprint density at radius 2 is 2.06 bits per heavy atom. The third kappa shape index (κ3) is 4.94. The van der Waals surface area contributed by atoms with Gasteiger partial charge in [-0.05, 0) is 40.5 Å². The van der Waals surface area contributed by atoms with Crippen molar-refractivity contribution in [3.63, 3.8) is 0 Å². The van der Waals surface area contributed by atoms with Crippen molar-refractivity contribution in [1.82, 2.24) is 4.98 Å². The molecular weight excluding hydrogens is 220 g/mol. The Kier molecular flexibility index (Phi) is 5.77. The molecule has 0 bridgehead atoms. The first-order valence-electron chi connectivity index (χ1n) is 5.89. The number of aryl methyl sites for hydroxylation is 2. The topological polar surface area (TPSA) is 34.2 Å². The van der Waals surface area contributed by atoms with E-state index in [1.54, 1.807) is 11.3 Å². The van der Waals surface area contributed by atoms with Crippen LogP contribution in [-0.4, -0.2) is 24.2 Å². The van der Waals surface area contributed by atoms with Gasteiger partial charge in [-0.1, -0.05) is 0 Å². The normalized spacial score (nSPS) is 11.1. The highest BCUT2D eigenvalue weighted by Gasteiger charge is 2.01. The molecule has 0 radical (unpaired) electrons. The second-order valence-corrected chi connectivity index (χ2v) is 5.42. The van der Waals surface area contributed by atoms with Crippen molar-refractivity contribution in [3.8, 4) is 0 Å². The maximum Gasteiger partial charge on any atom is 0.183 e. The summed E-state index contributed by atoms with van der Waals surface area (Å²) in [6, 6.07) is 0. The largest absolute Gasteiger partial charge is 0.379 e. The van der Waals surface area contributed by atoms with Gasteiger partial charge in [0, 0.05) is 18.0 Å². The molecule has 0 saturated carbocycles. The average Bonchev–Trinajstić information content (AvgIpc) is 2.52. The molecule has 1 aromatic rings. The molecule has 0 unspecified atom stereocenters. The van der Waals surface area contributed by atoms with Gasteiger partial charge in [0.2, 0.25) is 0 Å². The number of hydrogen-bond acceptors (Lipinski definition) is 4. The summed E-state index contributed by atoms with van der Waals surface area (Å²) in [5.41, 5.74) is 1.13. The van der Waals surface area contributed by atoms with E-state index in [9.17, 15) is 0 Å². The summed E-state index contributed by atoms with van der Waals surface area (Å²) in [5.74, 6) is 0. The quantitative estimate of drug-likeness (QED) is 0.744. The highest BCUT2D eigenvalue weighted by Crippen LogP contribution is 2.20. The Balaban J connectivity index is 2.07. The molecule has 0 aliphatic carbocycles. The Morgan fingerprint density at radius 3 is 2.62 bits per heavy atom. The molecule has 1 N–H and O–H groups in total. The van der Waals surface area contributed by atoms with Crippen molar-refractivity contribution in [2.45, 2.75) is 46.6 Å². The van der Waals surface area contributed by atoms with Gasteiger partial charge in [-0.15, -0.1) is 11.3 Å². The van der Waals surface area contributed by atoms with E-state index in [0.29, 0.717) is 6.10 Å². The van der Waals surface area contributed by atoms with Crippen LogP contribution in [0.5, 0.6) is 0 Å². The summed E-state index contributed by atoms with van der Waals surface area (Å²) in [6.07, 6.45) is 2.58. The van der Waals surface area contributed by atoms with E-state index in [1.807, 2.05) is 6.92 Å². The molecule has 1 aromatic heterocycles. The number of anilines is 1. The fraction of sp³-hybridized carbons (Fsp3) is 0.750. The minimum absolute atomic E-state index is 0.345. The van der Waals surface area contributed by atoms with Crippen molar-refractivity contribution in [3.05, 3.63) is 10.6 Å². The van der Waals surface area contributed by atoms with Gasteiger partial charge in [0.1, 0.15) is 0 Å². The zero-order valence-electron chi connectivity index (χ0n) is 10.7. The van der Waals surface area contributed by atoms with Crippen LogP contribution in [0.1, 0.15) is 37.3 Å². The minimum atomic E-state index is 0.345. The minimum Gasteiger partial charge on any atom is -0.379 e. The lowest BCUT2D eigenvalue weighted by molar-refractivity contribution is 0.0765. The van der Waals surface area contributed by atoms with Gasteiger partial charge in [-0.25, -0.2) is 4.98 Å². The van der Waals surface area contributed by atoms with E-state index < -0.39 is 0 Å². The summed E-state index contributed by atoms with van der Waals surface area (Å²) in [6.45, 7) is 10.1. The molecule has 3 nitrogen and oxygen atoms in total. The van der Waals surface area contributed by atoms with Crippen molar-refractivity contribution < 1.29 is 4.74 Å². The fourth-order valence-electron chi connectivity index (χ4n) is 1.29. The second kappa shape index (κ2) is 6.86. The van der Waals surface area contributed by atoms with Gasteiger partial charge in [0.15, 0.2) is 5.13 Å². The monoisotopic (exact) mass is 242 g/mol. The first kappa shape index (κ1) is 13.5. The van der Waals surface area contributed by atoms with Gasteiger partial charge in [0.25, 0.3) is 0 Å². The number of unbranched alkanes of at least 4 members (excludes halogenated alkanes) is 1. The number of nitrogens with one attached hydrogen (secondary N) is 1. The van der Waals surface area contributed by atoms with E-state index in [4.69, 9.17) is 4.74 Å². The van der Waals surface area contributed by atoms with E-state index >= 15 is 0 Å². The Bertz CT molecular complexity index is 290. The maximum absolute atomic E-state index is 5.48. The molecule has 1 heterocycles. The van der Waals surface area contributed by atoms with E-state index in [2.05, 4.69) is 31.1 Å². The molecule has 4 heteroatoms. The molecule has 0 amide bonds. The second-order valence-electron chi connectivity index (χ2n) is 4.21. The first-order valence-corrected chi connectivity index (χ1v) is 6.70. The Labute approximate surface area is 102 Å². The van der Waals surface area contributed by atoms with Crippen molar-refractivity contribution in [1.29, 1.82) is 0 Å². The lowest BCUT2D eigenvalue weighted by Gasteiger charge is -2.07. The lowest BCUT2D eigenvalue weighted by atomic mass is 10.3. The molecule has 0 spiro atoms. The molecule has 0 aliphatic heterocycles. The summed E-state index contributed by atoms with van der Waals surface area (Å²) in [4.78, 5) is 5.73. The smallest absolute Gasteiger partial charge is 0.183 e. The van der Waals surface area contributed by atoms with Crippen LogP contribution in [0.2, 0.25) is 0 Å². The Morgan fingerprint density at radius 1 is 1.31 bits per heavy atom. The predicted molar refractivity (Wildman–Crippen MR) is 70.4 cm³/mol. The number of hydrogen-bond donors (Lipinski definition) is 1. The molecule has 0 fully saturated rings. The maximum atomic E-state index is 5.48. The highest BCUT2D eigenvalue weighted by atomic mass is 32.1. The van der Waals surface area contributed by atoms with Crippen LogP contribution in [-0.2, 0) is 4.74 Å². The lowest BCUT2D eigenvalue weighted by Crippen LogP contribution is -2.06. The van der Waals surface area contributed by atoms with E-state index in [1.165, 1.54) is 4.88 Å². The summed E-state index contributed by atoms with van der Waals surface area (Å²) in [5, 5.41) is 4.39. The van der Waals surface area contributed by atoms with Gasteiger partial charge in [-0.3, -0.25) is 0 Å². The zero-order valence-corrected chi connectivity index (χ0v) is 11.5. The average molecular weight is 242 g/mol. The predicted octanol–water partition coefficient (Wildman–Crippen LogP) is 3.38. The molecule has 0 atom stereocenters. The van der Waals surface area contributed by atoms with Crippen LogP contribution in [0.25, 0.3) is 0 Å². The summed E-state index contributed by atoms with van der Waals surface area (Å²) >= 11 is 1.73. The SMILES string of the molecule is Cc1nc(NCCCCOC(C)C)sc1C. The van der Waals surface area contributed by atoms with Crippen LogP contribution in [0.3, 0.4) is 0 Å². The number of nitrogens with zero attached hydrogens (tertiary/aromatic N) is 1. The molecule has 16 heavy (non-hydrogen) atoms. The third-order valence-corrected chi connectivity index (χ3v) is 3.36. The van der Waals surface area contributed by atoms with E-state index in [-0.39, 0.29) is 0 Å². The molecular formula is C12H22N2OS. The summed E-state index contributed by atoms with van der Waals surface area (Å²) in [7, 11) is 0. The number of ether oxygens (including phenoxy) is 1. The third-order valence-electron chi connectivity index (χ3n) is 2.33. The number of rotatable bonds is 7. The van der Waals surface area contributed by atoms with Crippen LogP contribution < -0.4 is 5.32 Å². The first-order chi connectivity index (χ1) is 7.59.